The summed E-state index contributed by atoms with van der Waals surface area (Å²) in [4.78, 5) is 40.4. The summed E-state index contributed by atoms with van der Waals surface area (Å²) in [6.07, 6.45) is 1.39. The van der Waals surface area contributed by atoms with Crippen molar-refractivity contribution in [2.24, 2.45) is 5.10 Å². The first-order chi connectivity index (χ1) is 16.4. The Bertz CT molecular complexity index is 1450. The van der Waals surface area contributed by atoms with Gasteiger partial charge in [0, 0.05) is 16.6 Å². The van der Waals surface area contributed by atoms with Gasteiger partial charge >= 0.3 is 0 Å². The summed E-state index contributed by atoms with van der Waals surface area (Å²) in [6, 6.07) is 20.0. The minimum atomic E-state index is -0.491. The van der Waals surface area contributed by atoms with Crippen molar-refractivity contribution in [3.63, 3.8) is 0 Å². The minimum Gasteiger partial charge on any atom is -0.272 e. The summed E-state index contributed by atoms with van der Waals surface area (Å²) in [5, 5.41) is 15.4. The number of rotatable bonds is 7. The second kappa shape index (κ2) is 10.4. The van der Waals surface area contributed by atoms with Crippen LogP contribution in [0.15, 0.2) is 92.3 Å². The Morgan fingerprint density at radius 2 is 1.82 bits per heavy atom. The molecular weight excluding hydrogens is 522 g/mol. The third-order valence-corrected chi connectivity index (χ3v) is 6.14. The van der Waals surface area contributed by atoms with Gasteiger partial charge in [-0.25, -0.2) is 10.4 Å². The molecule has 0 aliphatic carbocycles. The van der Waals surface area contributed by atoms with E-state index in [-0.39, 0.29) is 17.0 Å². The number of nitro groups is 1. The molecule has 0 fully saturated rings. The molecule has 0 radical (unpaired) electrons. The number of benzene rings is 3. The number of non-ortho nitro benzene ring substituents is 1. The van der Waals surface area contributed by atoms with E-state index in [0.717, 1.165) is 16.2 Å². The van der Waals surface area contributed by atoms with Crippen molar-refractivity contribution in [1.82, 2.24) is 15.0 Å². The largest absolute Gasteiger partial charge is 0.272 e. The molecule has 0 bridgehead atoms. The Labute approximate surface area is 205 Å². The lowest BCUT2D eigenvalue weighted by Gasteiger charge is -2.13. The SMILES string of the molecule is O=C(CSc1nc2ccccc2c(=O)n1-c1ccc(Br)cc1)NN=Cc1ccc([N+](=O)[O-])cc1. The standard InChI is InChI=1S/C23H16BrN5O4S/c24-16-7-11-17(12-8-16)28-22(31)19-3-1-2-4-20(19)26-23(28)34-14-21(30)27-25-13-15-5-9-18(10-6-15)29(32)33/h1-13H,14H2,(H,27,30). The molecule has 3 aromatic carbocycles. The third kappa shape index (κ3) is 5.38. The van der Waals surface area contributed by atoms with E-state index in [0.29, 0.717) is 27.3 Å². The molecule has 1 N–H and O–H groups in total. The smallest absolute Gasteiger partial charge is 0.269 e. The van der Waals surface area contributed by atoms with Gasteiger partial charge in [0.15, 0.2) is 5.16 Å². The monoisotopic (exact) mass is 537 g/mol. The van der Waals surface area contributed by atoms with Crippen LogP contribution in [-0.2, 0) is 4.79 Å². The summed E-state index contributed by atoms with van der Waals surface area (Å²) in [5.41, 5.74) is 3.92. The Morgan fingerprint density at radius 1 is 1.12 bits per heavy atom. The molecule has 0 spiro atoms. The van der Waals surface area contributed by atoms with Crippen LogP contribution >= 0.6 is 27.7 Å². The highest BCUT2D eigenvalue weighted by atomic mass is 79.9. The zero-order valence-corrected chi connectivity index (χ0v) is 19.8. The first kappa shape index (κ1) is 23.3. The van der Waals surface area contributed by atoms with E-state index < -0.39 is 10.8 Å². The van der Waals surface area contributed by atoms with E-state index in [2.05, 4.69) is 31.4 Å². The average Bonchev–Trinajstić information content (AvgIpc) is 2.84. The quantitative estimate of drug-likeness (QED) is 0.123. The molecule has 170 valence electrons. The van der Waals surface area contributed by atoms with Crippen LogP contribution in [0.2, 0.25) is 0 Å². The number of halogens is 1. The fourth-order valence-corrected chi connectivity index (χ4v) is 4.12. The number of thioether (sulfide) groups is 1. The van der Waals surface area contributed by atoms with Crippen LogP contribution < -0.4 is 11.0 Å². The van der Waals surface area contributed by atoms with Crippen LogP contribution in [0.3, 0.4) is 0 Å². The van der Waals surface area contributed by atoms with Crippen LogP contribution in [0.5, 0.6) is 0 Å². The highest BCUT2D eigenvalue weighted by Gasteiger charge is 2.14. The highest BCUT2D eigenvalue weighted by molar-refractivity contribution is 9.10. The highest BCUT2D eigenvalue weighted by Crippen LogP contribution is 2.22. The number of carbonyl (C=O) groups is 1. The van der Waals surface area contributed by atoms with Gasteiger partial charge in [-0.3, -0.25) is 24.3 Å². The normalized spacial score (nSPS) is 11.1. The van der Waals surface area contributed by atoms with Crippen molar-refractivity contribution in [3.05, 3.63) is 103 Å². The molecule has 0 atom stereocenters. The molecule has 0 saturated heterocycles. The van der Waals surface area contributed by atoms with Gasteiger partial charge in [0.2, 0.25) is 0 Å². The lowest BCUT2D eigenvalue weighted by Crippen LogP contribution is -2.24. The third-order valence-electron chi connectivity index (χ3n) is 4.67. The van der Waals surface area contributed by atoms with Crippen molar-refractivity contribution in [2.45, 2.75) is 5.16 Å². The summed E-state index contributed by atoms with van der Waals surface area (Å²) in [6.45, 7) is 0. The molecule has 0 aliphatic rings. The Morgan fingerprint density at radius 3 is 2.53 bits per heavy atom. The van der Waals surface area contributed by atoms with E-state index in [9.17, 15) is 19.7 Å². The number of nitro benzene ring substituents is 1. The Hall–Kier alpha value is -3.83. The molecular formula is C23H16BrN5O4S. The van der Waals surface area contributed by atoms with Gasteiger partial charge in [-0.2, -0.15) is 5.10 Å². The molecule has 4 rings (SSSR count). The van der Waals surface area contributed by atoms with Crippen molar-refractivity contribution in [3.8, 4) is 5.69 Å². The molecule has 9 nitrogen and oxygen atoms in total. The van der Waals surface area contributed by atoms with Crippen LogP contribution in [-0.4, -0.2) is 32.3 Å². The number of fused-ring (bicyclic) bond motifs is 1. The molecule has 0 saturated carbocycles. The summed E-state index contributed by atoms with van der Waals surface area (Å²) >= 11 is 4.50. The van der Waals surface area contributed by atoms with E-state index in [1.165, 1.54) is 35.0 Å². The van der Waals surface area contributed by atoms with Gasteiger partial charge < -0.3 is 0 Å². The van der Waals surface area contributed by atoms with Gasteiger partial charge in [-0.15, -0.1) is 0 Å². The second-order valence-corrected chi connectivity index (χ2v) is 8.82. The van der Waals surface area contributed by atoms with Gasteiger partial charge in [-0.1, -0.05) is 39.8 Å². The number of hydrazone groups is 1. The van der Waals surface area contributed by atoms with E-state index >= 15 is 0 Å². The predicted octanol–water partition coefficient (Wildman–Crippen LogP) is 4.30. The number of nitrogens with one attached hydrogen (secondary N) is 1. The fraction of sp³-hybridized carbons (Fsp3) is 0.0435. The molecule has 4 aromatic rings. The molecule has 1 aromatic heterocycles. The van der Waals surface area contributed by atoms with E-state index in [1.807, 2.05) is 12.1 Å². The average molecular weight is 538 g/mol. The van der Waals surface area contributed by atoms with Crippen LogP contribution in [0, 0.1) is 10.1 Å². The number of hydrogen-bond donors (Lipinski definition) is 1. The first-order valence-electron chi connectivity index (χ1n) is 9.89. The first-order valence-corrected chi connectivity index (χ1v) is 11.7. The maximum atomic E-state index is 13.2. The number of amides is 1. The lowest BCUT2D eigenvalue weighted by molar-refractivity contribution is -0.384. The van der Waals surface area contributed by atoms with Crippen molar-refractivity contribution in [1.29, 1.82) is 0 Å². The van der Waals surface area contributed by atoms with Gasteiger partial charge in [0.1, 0.15) is 0 Å². The molecule has 1 amide bonds. The van der Waals surface area contributed by atoms with Gasteiger partial charge in [0.25, 0.3) is 17.2 Å². The number of aromatic nitrogens is 2. The van der Waals surface area contributed by atoms with Crippen molar-refractivity contribution in [2.75, 3.05) is 5.75 Å². The zero-order chi connectivity index (χ0) is 24.1. The fourth-order valence-electron chi connectivity index (χ4n) is 3.05. The topological polar surface area (TPSA) is 119 Å². The van der Waals surface area contributed by atoms with Crippen molar-refractivity contribution >= 4 is 56.4 Å². The zero-order valence-electron chi connectivity index (χ0n) is 17.4. The minimum absolute atomic E-state index is 0.0289. The number of nitrogens with zero attached hydrogens (tertiary/aromatic N) is 4. The number of para-hydroxylation sites is 1. The van der Waals surface area contributed by atoms with Crippen LogP contribution in [0.25, 0.3) is 16.6 Å². The molecule has 34 heavy (non-hydrogen) atoms. The number of hydrogen-bond acceptors (Lipinski definition) is 7. The van der Waals surface area contributed by atoms with E-state index in [1.54, 1.807) is 36.4 Å². The van der Waals surface area contributed by atoms with Crippen LogP contribution in [0.4, 0.5) is 5.69 Å². The summed E-state index contributed by atoms with van der Waals surface area (Å²) in [7, 11) is 0. The molecule has 11 heteroatoms. The van der Waals surface area contributed by atoms with E-state index in [4.69, 9.17) is 0 Å². The predicted molar refractivity (Wildman–Crippen MR) is 135 cm³/mol. The Balaban J connectivity index is 1.51. The summed E-state index contributed by atoms with van der Waals surface area (Å²) in [5.74, 6) is -0.424. The second-order valence-electron chi connectivity index (χ2n) is 6.96. The Kier molecular flexibility index (Phi) is 7.14. The van der Waals surface area contributed by atoms with Gasteiger partial charge in [0.05, 0.1) is 33.5 Å². The van der Waals surface area contributed by atoms with Crippen LogP contribution in [0.1, 0.15) is 5.56 Å². The maximum absolute atomic E-state index is 13.2. The molecule has 0 unspecified atom stereocenters. The maximum Gasteiger partial charge on any atom is 0.269 e. The van der Waals surface area contributed by atoms with Gasteiger partial charge in [-0.05, 0) is 54.1 Å². The lowest BCUT2D eigenvalue weighted by atomic mass is 10.2. The number of carbonyl (C=O) groups excluding carboxylic acids is 1. The molecule has 0 aliphatic heterocycles. The van der Waals surface area contributed by atoms with Crippen molar-refractivity contribution < 1.29 is 9.72 Å². The summed E-state index contributed by atoms with van der Waals surface area (Å²) < 4.78 is 2.35. The molecule has 1 heterocycles.